The normalized spacial score (nSPS) is 10.7. The number of aromatic nitrogens is 3. The number of halogens is 1. The number of ether oxygens (including phenoxy) is 2. The second kappa shape index (κ2) is 10.9. The number of rotatable bonds is 10. The quantitative estimate of drug-likeness (QED) is 0.345. The second-order valence-corrected chi connectivity index (χ2v) is 7.59. The Labute approximate surface area is 179 Å². The van der Waals surface area contributed by atoms with Crippen molar-refractivity contribution in [1.29, 1.82) is 5.26 Å². The number of hydrogen-bond donors (Lipinski definition) is 0. The summed E-state index contributed by atoms with van der Waals surface area (Å²) in [6.45, 7) is 1.91. The lowest BCUT2D eigenvalue weighted by atomic mass is 10.2. The van der Waals surface area contributed by atoms with Crippen LogP contribution in [0.2, 0.25) is 5.02 Å². The van der Waals surface area contributed by atoms with Crippen LogP contribution in [0.5, 0.6) is 5.75 Å². The van der Waals surface area contributed by atoms with Crippen LogP contribution in [0.3, 0.4) is 0 Å². The molecule has 0 radical (unpaired) electrons. The van der Waals surface area contributed by atoms with Crippen LogP contribution in [0.4, 0.5) is 0 Å². The van der Waals surface area contributed by atoms with Crippen LogP contribution in [0, 0.1) is 11.3 Å². The zero-order chi connectivity index (χ0) is 20.5. The van der Waals surface area contributed by atoms with Crippen molar-refractivity contribution >= 4 is 23.4 Å². The third-order valence-electron chi connectivity index (χ3n) is 4.13. The van der Waals surface area contributed by atoms with E-state index in [0.29, 0.717) is 29.6 Å². The van der Waals surface area contributed by atoms with Gasteiger partial charge in [-0.15, -0.1) is 10.2 Å². The van der Waals surface area contributed by atoms with Gasteiger partial charge >= 0.3 is 0 Å². The van der Waals surface area contributed by atoms with E-state index in [4.69, 9.17) is 26.3 Å². The Kier molecular flexibility index (Phi) is 7.94. The van der Waals surface area contributed by atoms with Gasteiger partial charge in [0.15, 0.2) is 11.0 Å². The number of thioether (sulfide) groups is 1. The first-order valence-electron chi connectivity index (χ1n) is 9.15. The molecule has 0 amide bonds. The predicted molar refractivity (Wildman–Crippen MR) is 114 cm³/mol. The van der Waals surface area contributed by atoms with Gasteiger partial charge in [-0.25, -0.2) is 0 Å². The monoisotopic (exact) mass is 428 g/mol. The van der Waals surface area contributed by atoms with Crippen LogP contribution in [0.15, 0.2) is 53.7 Å². The Bertz CT molecular complexity index is 970. The summed E-state index contributed by atoms with van der Waals surface area (Å²) < 4.78 is 13.0. The highest BCUT2D eigenvalue weighted by Crippen LogP contribution is 2.29. The van der Waals surface area contributed by atoms with Crippen LogP contribution in [0.25, 0.3) is 11.4 Å². The molecule has 0 saturated heterocycles. The molecule has 0 atom stereocenters. The van der Waals surface area contributed by atoms with E-state index in [2.05, 4.69) is 20.8 Å². The second-order valence-electron chi connectivity index (χ2n) is 6.12. The summed E-state index contributed by atoms with van der Waals surface area (Å²) in [5.74, 6) is 2.20. The smallest absolute Gasteiger partial charge is 0.191 e. The molecule has 1 aromatic heterocycles. The molecule has 0 aliphatic rings. The summed E-state index contributed by atoms with van der Waals surface area (Å²) >= 11 is 7.95. The number of methoxy groups -OCH3 is 1. The van der Waals surface area contributed by atoms with Crippen molar-refractivity contribution in [3.63, 3.8) is 0 Å². The maximum Gasteiger partial charge on any atom is 0.191 e. The van der Waals surface area contributed by atoms with E-state index < -0.39 is 0 Å². The minimum absolute atomic E-state index is 0.517. The highest BCUT2D eigenvalue weighted by molar-refractivity contribution is 7.99. The van der Waals surface area contributed by atoms with Crippen LogP contribution < -0.4 is 4.74 Å². The zero-order valence-corrected chi connectivity index (χ0v) is 17.6. The van der Waals surface area contributed by atoms with Gasteiger partial charge in [0.2, 0.25) is 0 Å². The Morgan fingerprint density at radius 2 is 1.90 bits per heavy atom. The zero-order valence-electron chi connectivity index (χ0n) is 16.0. The first kappa shape index (κ1) is 21.2. The Balaban J connectivity index is 1.66. The van der Waals surface area contributed by atoms with E-state index in [-0.39, 0.29) is 0 Å². The topological polar surface area (TPSA) is 73.0 Å². The Morgan fingerprint density at radius 3 is 2.62 bits per heavy atom. The minimum Gasteiger partial charge on any atom is -0.493 e. The summed E-state index contributed by atoms with van der Waals surface area (Å²) in [6.07, 6.45) is 0.849. The molecule has 0 aliphatic heterocycles. The third kappa shape index (κ3) is 5.73. The Morgan fingerprint density at radius 1 is 1.10 bits per heavy atom. The molecule has 0 unspecified atom stereocenters. The molecule has 3 aromatic rings. The number of benzene rings is 2. The van der Waals surface area contributed by atoms with Crippen molar-refractivity contribution in [3.05, 3.63) is 59.1 Å². The van der Waals surface area contributed by atoms with E-state index in [0.717, 1.165) is 35.3 Å². The fraction of sp³-hybridized carbons (Fsp3) is 0.286. The van der Waals surface area contributed by atoms with Gasteiger partial charge in [0.25, 0.3) is 0 Å². The molecule has 0 fully saturated rings. The maximum atomic E-state index is 8.85. The molecule has 1 heterocycles. The van der Waals surface area contributed by atoms with Crippen molar-refractivity contribution in [2.24, 2.45) is 0 Å². The van der Waals surface area contributed by atoms with Gasteiger partial charge in [-0.3, -0.25) is 0 Å². The molecule has 0 saturated carbocycles. The van der Waals surface area contributed by atoms with E-state index >= 15 is 0 Å². The summed E-state index contributed by atoms with van der Waals surface area (Å²) in [7, 11) is 1.69. The first-order valence-corrected chi connectivity index (χ1v) is 10.5. The maximum absolute atomic E-state index is 8.85. The minimum atomic E-state index is 0.517. The van der Waals surface area contributed by atoms with E-state index in [1.54, 1.807) is 43.1 Å². The van der Waals surface area contributed by atoms with Gasteiger partial charge in [0.05, 0.1) is 23.3 Å². The molecule has 150 valence electrons. The highest BCUT2D eigenvalue weighted by atomic mass is 35.5. The lowest BCUT2D eigenvalue weighted by molar-refractivity contribution is 0.189. The lowest BCUT2D eigenvalue weighted by Gasteiger charge is -2.11. The fourth-order valence-corrected chi connectivity index (χ4v) is 3.73. The first-order chi connectivity index (χ1) is 14.2. The molecular formula is C21H21ClN4O2S. The molecule has 0 N–H and O–H groups in total. The van der Waals surface area contributed by atoms with Crippen molar-refractivity contribution in [2.45, 2.75) is 18.1 Å². The summed E-state index contributed by atoms with van der Waals surface area (Å²) in [5.41, 5.74) is 1.47. The standard InChI is InChI=1S/C21H21ClN4O2S/c1-27-12-4-11-26-20(18-5-2-3-6-19(18)22)24-25-21(26)29-14-13-28-17-9-7-16(15-23)8-10-17/h2-3,5-10H,4,11-14H2,1H3. The van der Waals surface area contributed by atoms with Gasteiger partial charge in [0.1, 0.15) is 5.75 Å². The summed E-state index contributed by atoms with van der Waals surface area (Å²) in [6, 6.07) is 16.8. The number of nitrogens with zero attached hydrogens (tertiary/aromatic N) is 4. The van der Waals surface area contributed by atoms with Crippen LogP contribution >= 0.6 is 23.4 Å². The molecule has 29 heavy (non-hydrogen) atoms. The van der Waals surface area contributed by atoms with Crippen molar-refractivity contribution in [3.8, 4) is 23.2 Å². The molecule has 0 aliphatic carbocycles. The molecule has 0 spiro atoms. The molecular weight excluding hydrogens is 408 g/mol. The van der Waals surface area contributed by atoms with E-state index in [1.807, 2.05) is 24.3 Å². The Hall–Kier alpha value is -2.53. The van der Waals surface area contributed by atoms with Crippen LogP contribution in [0.1, 0.15) is 12.0 Å². The molecule has 2 aromatic carbocycles. The van der Waals surface area contributed by atoms with Gasteiger partial charge in [0, 0.05) is 31.6 Å². The van der Waals surface area contributed by atoms with Crippen molar-refractivity contribution in [1.82, 2.24) is 14.8 Å². The number of nitriles is 1. The van der Waals surface area contributed by atoms with E-state index in [1.165, 1.54) is 0 Å². The van der Waals surface area contributed by atoms with Crippen molar-refractivity contribution < 1.29 is 9.47 Å². The van der Waals surface area contributed by atoms with Gasteiger partial charge in [-0.1, -0.05) is 35.5 Å². The van der Waals surface area contributed by atoms with Crippen molar-refractivity contribution in [2.75, 3.05) is 26.1 Å². The number of hydrogen-bond acceptors (Lipinski definition) is 6. The highest BCUT2D eigenvalue weighted by Gasteiger charge is 2.16. The molecule has 3 rings (SSSR count). The lowest BCUT2D eigenvalue weighted by Crippen LogP contribution is -2.07. The van der Waals surface area contributed by atoms with Crippen LogP contribution in [-0.4, -0.2) is 40.8 Å². The summed E-state index contributed by atoms with van der Waals surface area (Å²) in [5, 5.41) is 19.1. The van der Waals surface area contributed by atoms with Gasteiger partial charge in [-0.2, -0.15) is 5.26 Å². The fourth-order valence-electron chi connectivity index (χ4n) is 2.72. The van der Waals surface area contributed by atoms with Crippen LogP contribution in [-0.2, 0) is 11.3 Å². The van der Waals surface area contributed by atoms with Gasteiger partial charge < -0.3 is 14.0 Å². The van der Waals surface area contributed by atoms with E-state index in [9.17, 15) is 0 Å². The molecule has 0 bridgehead atoms. The largest absolute Gasteiger partial charge is 0.493 e. The third-order valence-corrected chi connectivity index (χ3v) is 5.39. The predicted octanol–water partition coefficient (Wildman–Crippen LogP) is 4.68. The average molecular weight is 429 g/mol. The van der Waals surface area contributed by atoms with Gasteiger partial charge in [-0.05, 0) is 42.8 Å². The summed E-state index contributed by atoms with van der Waals surface area (Å²) in [4.78, 5) is 0. The SMILES string of the molecule is COCCCn1c(SCCOc2ccc(C#N)cc2)nnc1-c1ccccc1Cl. The average Bonchev–Trinajstić information content (AvgIpc) is 3.14. The molecule has 6 nitrogen and oxygen atoms in total. The molecule has 8 heteroatoms.